The number of rotatable bonds is 5. The molecule has 0 amide bonds. The average molecular weight is 340 g/mol. The van der Waals surface area contributed by atoms with E-state index in [9.17, 15) is 0 Å². The van der Waals surface area contributed by atoms with Crippen molar-refractivity contribution in [2.45, 2.75) is 45.4 Å². The van der Waals surface area contributed by atoms with Gasteiger partial charge in [-0.05, 0) is 60.9 Å². The monoisotopic (exact) mass is 339 g/mol. The van der Waals surface area contributed by atoms with Gasteiger partial charge in [0.2, 0.25) is 0 Å². The van der Waals surface area contributed by atoms with Gasteiger partial charge in [0, 0.05) is 4.47 Å². The zero-order chi connectivity index (χ0) is 14.6. The van der Waals surface area contributed by atoms with E-state index in [1.54, 1.807) is 7.11 Å². The molecule has 0 aromatic heterocycles. The molecule has 1 saturated carbocycles. The number of halogens is 1. The van der Waals surface area contributed by atoms with Crippen molar-refractivity contribution in [3.05, 3.63) is 28.2 Å². The van der Waals surface area contributed by atoms with Crippen LogP contribution in [0.2, 0.25) is 0 Å². The Morgan fingerprint density at radius 3 is 2.90 bits per heavy atom. The second-order valence-electron chi connectivity index (χ2n) is 6.21. The summed E-state index contributed by atoms with van der Waals surface area (Å²) >= 11 is 3.57. The first-order valence-corrected chi connectivity index (χ1v) is 8.44. The van der Waals surface area contributed by atoms with E-state index in [-0.39, 0.29) is 5.41 Å². The molecule has 2 N–H and O–H groups in total. The van der Waals surface area contributed by atoms with E-state index in [1.807, 2.05) is 12.1 Å². The topological polar surface area (TPSA) is 35.2 Å². The predicted molar refractivity (Wildman–Crippen MR) is 88.1 cm³/mol. The Labute approximate surface area is 131 Å². The summed E-state index contributed by atoms with van der Waals surface area (Å²) in [5.41, 5.74) is 7.72. The summed E-state index contributed by atoms with van der Waals surface area (Å²) in [4.78, 5) is 0. The minimum Gasteiger partial charge on any atom is -0.496 e. The van der Waals surface area contributed by atoms with Gasteiger partial charge in [-0.2, -0.15) is 0 Å². The Bertz CT molecular complexity index is 449. The van der Waals surface area contributed by atoms with Gasteiger partial charge in [0.05, 0.1) is 7.11 Å². The van der Waals surface area contributed by atoms with Gasteiger partial charge >= 0.3 is 0 Å². The molecule has 20 heavy (non-hydrogen) atoms. The van der Waals surface area contributed by atoms with Crippen molar-refractivity contribution >= 4 is 15.9 Å². The Hall–Kier alpha value is -0.540. The highest BCUT2D eigenvalue weighted by Gasteiger charge is 2.35. The van der Waals surface area contributed by atoms with Crippen molar-refractivity contribution in [1.82, 2.24) is 0 Å². The van der Waals surface area contributed by atoms with Crippen molar-refractivity contribution in [2.24, 2.45) is 17.1 Å². The fourth-order valence-electron chi connectivity index (χ4n) is 3.64. The third-order valence-corrected chi connectivity index (χ3v) is 5.35. The summed E-state index contributed by atoms with van der Waals surface area (Å²) in [6.07, 6.45) is 7.49. The minimum absolute atomic E-state index is 0.257. The smallest absolute Gasteiger partial charge is 0.122 e. The molecule has 112 valence electrons. The Morgan fingerprint density at radius 2 is 2.25 bits per heavy atom. The predicted octanol–water partition coefficient (Wildman–Crippen LogP) is 4.55. The first kappa shape index (κ1) is 15.8. The molecule has 0 radical (unpaired) electrons. The SMILES string of the molecule is CCC1CCCC(CN)(Cc2cc(Br)ccc2OC)C1. The van der Waals surface area contributed by atoms with Crippen LogP contribution in [0.5, 0.6) is 5.75 Å². The molecule has 0 heterocycles. The largest absolute Gasteiger partial charge is 0.496 e. The van der Waals surface area contributed by atoms with Crippen LogP contribution < -0.4 is 10.5 Å². The van der Waals surface area contributed by atoms with E-state index in [0.717, 1.165) is 29.1 Å². The second kappa shape index (κ2) is 6.95. The van der Waals surface area contributed by atoms with Crippen molar-refractivity contribution in [3.8, 4) is 5.75 Å². The summed E-state index contributed by atoms with van der Waals surface area (Å²) in [6, 6.07) is 6.27. The molecule has 0 spiro atoms. The number of methoxy groups -OCH3 is 1. The standard InChI is InChI=1S/C17H26BrNO/c1-3-13-5-4-8-17(10-13,12-19)11-14-9-15(18)6-7-16(14)20-2/h6-7,9,13H,3-5,8,10-12,19H2,1-2H3. The lowest BCUT2D eigenvalue weighted by atomic mass is 9.66. The van der Waals surface area contributed by atoms with Crippen molar-refractivity contribution in [3.63, 3.8) is 0 Å². The lowest BCUT2D eigenvalue weighted by Crippen LogP contribution is -2.37. The van der Waals surface area contributed by atoms with Gasteiger partial charge < -0.3 is 10.5 Å². The molecule has 0 saturated heterocycles. The molecule has 2 rings (SSSR count). The fourth-order valence-corrected chi connectivity index (χ4v) is 4.05. The van der Waals surface area contributed by atoms with Crippen LogP contribution >= 0.6 is 15.9 Å². The van der Waals surface area contributed by atoms with Crippen LogP contribution in [-0.4, -0.2) is 13.7 Å². The highest BCUT2D eigenvalue weighted by molar-refractivity contribution is 9.10. The zero-order valence-electron chi connectivity index (χ0n) is 12.6. The number of hydrogen-bond acceptors (Lipinski definition) is 2. The van der Waals surface area contributed by atoms with Gasteiger partial charge in [-0.1, -0.05) is 42.1 Å². The summed E-state index contributed by atoms with van der Waals surface area (Å²) in [5.74, 6) is 1.82. The molecule has 2 unspecified atom stereocenters. The van der Waals surface area contributed by atoms with Gasteiger partial charge in [-0.15, -0.1) is 0 Å². The first-order chi connectivity index (χ1) is 9.62. The van der Waals surface area contributed by atoms with E-state index in [1.165, 1.54) is 37.7 Å². The molecular formula is C17H26BrNO. The van der Waals surface area contributed by atoms with Crippen molar-refractivity contribution < 1.29 is 4.74 Å². The maximum atomic E-state index is 6.18. The van der Waals surface area contributed by atoms with Crippen LogP contribution in [0.4, 0.5) is 0 Å². The summed E-state index contributed by atoms with van der Waals surface area (Å²) < 4.78 is 6.64. The Kier molecular flexibility index (Phi) is 5.50. The summed E-state index contributed by atoms with van der Waals surface area (Å²) in [6.45, 7) is 3.08. The number of benzene rings is 1. The Morgan fingerprint density at radius 1 is 1.45 bits per heavy atom. The lowest BCUT2D eigenvalue weighted by molar-refractivity contribution is 0.141. The van der Waals surface area contributed by atoms with Crippen LogP contribution in [0, 0.1) is 11.3 Å². The minimum atomic E-state index is 0.257. The maximum absolute atomic E-state index is 6.18. The van der Waals surface area contributed by atoms with Crippen LogP contribution in [-0.2, 0) is 6.42 Å². The molecule has 2 atom stereocenters. The van der Waals surface area contributed by atoms with E-state index < -0.39 is 0 Å². The summed E-state index contributed by atoms with van der Waals surface area (Å²) in [5, 5.41) is 0. The first-order valence-electron chi connectivity index (χ1n) is 7.65. The Balaban J connectivity index is 2.23. The second-order valence-corrected chi connectivity index (χ2v) is 7.12. The molecule has 1 aliphatic rings. The molecule has 0 bridgehead atoms. The number of ether oxygens (including phenoxy) is 1. The third-order valence-electron chi connectivity index (χ3n) is 4.86. The van der Waals surface area contributed by atoms with E-state index >= 15 is 0 Å². The van der Waals surface area contributed by atoms with E-state index in [4.69, 9.17) is 10.5 Å². The van der Waals surface area contributed by atoms with Crippen molar-refractivity contribution in [2.75, 3.05) is 13.7 Å². The molecular weight excluding hydrogens is 314 g/mol. The highest BCUT2D eigenvalue weighted by atomic mass is 79.9. The van der Waals surface area contributed by atoms with Gasteiger partial charge in [0.15, 0.2) is 0 Å². The maximum Gasteiger partial charge on any atom is 0.122 e. The molecule has 1 aromatic rings. The molecule has 1 aromatic carbocycles. The van der Waals surface area contributed by atoms with Crippen LogP contribution in [0.15, 0.2) is 22.7 Å². The lowest BCUT2D eigenvalue weighted by Gasteiger charge is -2.40. The van der Waals surface area contributed by atoms with Crippen LogP contribution in [0.1, 0.15) is 44.6 Å². The zero-order valence-corrected chi connectivity index (χ0v) is 14.2. The molecule has 2 nitrogen and oxygen atoms in total. The van der Waals surface area contributed by atoms with Crippen LogP contribution in [0.25, 0.3) is 0 Å². The fraction of sp³-hybridized carbons (Fsp3) is 0.647. The molecule has 0 aliphatic heterocycles. The third kappa shape index (κ3) is 3.56. The number of nitrogens with two attached hydrogens (primary N) is 1. The van der Waals surface area contributed by atoms with Gasteiger partial charge in [0.25, 0.3) is 0 Å². The average Bonchev–Trinajstić information content (AvgIpc) is 2.47. The quantitative estimate of drug-likeness (QED) is 0.854. The van der Waals surface area contributed by atoms with Gasteiger partial charge in [0.1, 0.15) is 5.75 Å². The summed E-state index contributed by atoms with van der Waals surface area (Å²) in [7, 11) is 1.75. The molecule has 1 aliphatic carbocycles. The van der Waals surface area contributed by atoms with E-state index in [0.29, 0.717) is 0 Å². The van der Waals surface area contributed by atoms with Gasteiger partial charge in [-0.25, -0.2) is 0 Å². The highest BCUT2D eigenvalue weighted by Crippen LogP contribution is 2.43. The van der Waals surface area contributed by atoms with E-state index in [2.05, 4.69) is 28.9 Å². The normalized spacial score (nSPS) is 26.5. The molecule has 1 fully saturated rings. The number of hydrogen-bond donors (Lipinski definition) is 1. The molecule has 3 heteroatoms. The van der Waals surface area contributed by atoms with Gasteiger partial charge in [-0.3, -0.25) is 0 Å². The van der Waals surface area contributed by atoms with Crippen molar-refractivity contribution in [1.29, 1.82) is 0 Å². The van der Waals surface area contributed by atoms with Crippen LogP contribution in [0.3, 0.4) is 0 Å².